The highest BCUT2D eigenvalue weighted by atomic mass is 35.5. The summed E-state index contributed by atoms with van der Waals surface area (Å²) in [5, 5.41) is 1.18. The van der Waals surface area contributed by atoms with E-state index < -0.39 is 0 Å². The van der Waals surface area contributed by atoms with Crippen molar-refractivity contribution in [2.24, 2.45) is 0 Å². The molecule has 2 rings (SSSR count). The second kappa shape index (κ2) is 2.93. The Bertz CT molecular complexity index is 354. The number of aromatic nitrogens is 2. The van der Waals surface area contributed by atoms with Crippen molar-refractivity contribution in [3.8, 4) is 0 Å². The van der Waals surface area contributed by atoms with Crippen LogP contribution in [0, 0.1) is 6.92 Å². The molecular weight excluding hydrogens is 160 g/mol. The number of hydrogen-bond donors (Lipinski definition) is 1. The Balaban J connectivity index is 0.000000605. The van der Waals surface area contributed by atoms with Crippen molar-refractivity contribution in [2.45, 2.75) is 6.92 Å². The first-order valence-electron chi connectivity index (χ1n) is 3.26. The number of aromatic amines is 1. The van der Waals surface area contributed by atoms with Gasteiger partial charge in [0.15, 0.2) is 0 Å². The Morgan fingerprint density at radius 3 is 3.09 bits per heavy atom. The van der Waals surface area contributed by atoms with Crippen LogP contribution in [0.25, 0.3) is 11.0 Å². The molecule has 0 saturated carbocycles. The van der Waals surface area contributed by atoms with E-state index in [9.17, 15) is 0 Å². The Labute approximate surface area is 71.1 Å². The first-order chi connectivity index (χ1) is 4.86. The smallest absolute Gasteiger partial charge is 0.137 e. The molecule has 0 unspecified atom stereocenters. The predicted octanol–water partition coefficient (Wildman–Crippen LogP) is 2.29. The number of nitrogens with zero attached hydrogens (tertiary/aromatic N) is 1. The molecule has 0 saturated heterocycles. The van der Waals surface area contributed by atoms with Gasteiger partial charge < -0.3 is 4.98 Å². The Morgan fingerprint density at radius 1 is 1.45 bits per heavy atom. The van der Waals surface area contributed by atoms with Gasteiger partial charge in [0, 0.05) is 17.8 Å². The minimum atomic E-state index is 0. The summed E-state index contributed by atoms with van der Waals surface area (Å²) in [6.45, 7) is 2.04. The number of aryl methyl sites for hydroxylation is 1. The SMILES string of the molecule is Cc1cnc2[nH]ccc2c1.Cl. The van der Waals surface area contributed by atoms with Crippen molar-refractivity contribution in [3.63, 3.8) is 0 Å². The minimum Gasteiger partial charge on any atom is -0.346 e. The molecule has 2 nitrogen and oxygen atoms in total. The standard InChI is InChI=1S/C8H8N2.ClH/c1-6-4-7-2-3-9-8(7)10-5-6;/h2-5H,1H3,(H,9,10);1H. The fraction of sp³-hybridized carbons (Fsp3) is 0.125. The monoisotopic (exact) mass is 168 g/mol. The first kappa shape index (κ1) is 8.08. The third-order valence-electron chi connectivity index (χ3n) is 1.54. The Morgan fingerprint density at radius 2 is 2.27 bits per heavy atom. The number of pyridine rings is 1. The summed E-state index contributed by atoms with van der Waals surface area (Å²) in [7, 11) is 0. The molecule has 2 aromatic rings. The zero-order chi connectivity index (χ0) is 6.97. The van der Waals surface area contributed by atoms with Gasteiger partial charge in [-0.1, -0.05) is 0 Å². The molecule has 3 heteroatoms. The van der Waals surface area contributed by atoms with Crippen LogP contribution in [0.2, 0.25) is 0 Å². The van der Waals surface area contributed by atoms with Crippen molar-refractivity contribution in [2.75, 3.05) is 0 Å². The molecule has 0 amide bonds. The average molecular weight is 169 g/mol. The van der Waals surface area contributed by atoms with Gasteiger partial charge in [-0.15, -0.1) is 12.4 Å². The van der Waals surface area contributed by atoms with Crippen molar-refractivity contribution < 1.29 is 0 Å². The normalized spacial score (nSPS) is 9.55. The maximum Gasteiger partial charge on any atom is 0.137 e. The molecule has 0 atom stereocenters. The molecule has 0 aliphatic rings. The molecule has 0 spiro atoms. The molecule has 58 valence electrons. The van der Waals surface area contributed by atoms with Crippen LogP contribution in [-0.4, -0.2) is 9.97 Å². The Kier molecular flexibility index (Phi) is 2.15. The summed E-state index contributed by atoms with van der Waals surface area (Å²) < 4.78 is 0. The van der Waals surface area contributed by atoms with E-state index in [0.29, 0.717) is 0 Å². The predicted molar refractivity (Wildman–Crippen MR) is 48.1 cm³/mol. The number of H-pyrrole nitrogens is 1. The van der Waals surface area contributed by atoms with Crippen molar-refractivity contribution in [1.82, 2.24) is 9.97 Å². The van der Waals surface area contributed by atoms with E-state index in [-0.39, 0.29) is 12.4 Å². The molecule has 2 aromatic heterocycles. The van der Waals surface area contributed by atoms with Crippen LogP contribution >= 0.6 is 12.4 Å². The van der Waals surface area contributed by atoms with Gasteiger partial charge >= 0.3 is 0 Å². The van der Waals surface area contributed by atoms with Gasteiger partial charge in [-0.25, -0.2) is 4.98 Å². The lowest BCUT2D eigenvalue weighted by Crippen LogP contribution is -1.76. The van der Waals surface area contributed by atoms with Crippen LogP contribution in [0.3, 0.4) is 0 Å². The van der Waals surface area contributed by atoms with Gasteiger partial charge in [0.05, 0.1) is 0 Å². The molecular formula is C8H9ClN2. The number of rotatable bonds is 0. The Hall–Kier alpha value is -1.02. The fourth-order valence-electron chi connectivity index (χ4n) is 1.05. The van der Waals surface area contributed by atoms with E-state index in [1.807, 2.05) is 25.4 Å². The molecule has 0 fully saturated rings. The summed E-state index contributed by atoms with van der Waals surface area (Å²) >= 11 is 0. The summed E-state index contributed by atoms with van der Waals surface area (Å²) in [5.74, 6) is 0. The van der Waals surface area contributed by atoms with Crippen LogP contribution in [0.5, 0.6) is 0 Å². The second-order valence-electron chi connectivity index (χ2n) is 2.43. The highest BCUT2D eigenvalue weighted by Gasteiger charge is 1.92. The number of halogens is 1. The molecule has 0 aliphatic heterocycles. The van der Waals surface area contributed by atoms with E-state index in [2.05, 4.69) is 16.0 Å². The van der Waals surface area contributed by atoms with Gasteiger partial charge in [-0.3, -0.25) is 0 Å². The first-order valence-corrected chi connectivity index (χ1v) is 3.26. The zero-order valence-corrected chi connectivity index (χ0v) is 6.98. The lowest BCUT2D eigenvalue weighted by atomic mass is 10.2. The van der Waals surface area contributed by atoms with Crippen LogP contribution in [-0.2, 0) is 0 Å². The topological polar surface area (TPSA) is 28.7 Å². The lowest BCUT2D eigenvalue weighted by Gasteiger charge is -1.89. The minimum absolute atomic E-state index is 0. The van der Waals surface area contributed by atoms with E-state index in [1.54, 1.807) is 0 Å². The van der Waals surface area contributed by atoms with Gasteiger partial charge in [-0.2, -0.15) is 0 Å². The van der Waals surface area contributed by atoms with E-state index in [4.69, 9.17) is 0 Å². The highest BCUT2D eigenvalue weighted by molar-refractivity contribution is 5.85. The molecule has 1 N–H and O–H groups in total. The van der Waals surface area contributed by atoms with Gasteiger partial charge in [-0.05, 0) is 24.6 Å². The largest absolute Gasteiger partial charge is 0.346 e. The second-order valence-corrected chi connectivity index (χ2v) is 2.43. The number of hydrogen-bond acceptors (Lipinski definition) is 1. The molecule has 0 bridgehead atoms. The maximum absolute atomic E-state index is 4.19. The van der Waals surface area contributed by atoms with Crippen LogP contribution < -0.4 is 0 Å². The molecule has 0 radical (unpaired) electrons. The summed E-state index contributed by atoms with van der Waals surface area (Å²) in [5.41, 5.74) is 2.16. The molecule has 11 heavy (non-hydrogen) atoms. The van der Waals surface area contributed by atoms with Gasteiger partial charge in [0.25, 0.3) is 0 Å². The third kappa shape index (κ3) is 1.35. The zero-order valence-electron chi connectivity index (χ0n) is 6.16. The summed E-state index contributed by atoms with van der Waals surface area (Å²) in [6.07, 6.45) is 3.76. The van der Waals surface area contributed by atoms with Crippen LogP contribution in [0.15, 0.2) is 24.5 Å². The van der Waals surface area contributed by atoms with E-state index in [1.165, 1.54) is 10.9 Å². The lowest BCUT2D eigenvalue weighted by molar-refractivity contribution is 1.29. The molecule has 0 aliphatic carbocycles. The van der Waals surface area contributed by atoms with Crippen molar-refractivity contribution in [1.29, 1.82) is 0 Å². The van der Waals surface area contributed by atoms with E-state index >= 15 is 0 Å². The summed E-state index contributed by atoms with van der Waals surface area (Å²) in [4.78, 5) is 7.22. The number of nitrogens with one attached hydrogen (secondary N) is 1. The van der Waals surface area contributed by atoms with Crippen molar-refractivity contribution in [3.05, 3.63) is 30.1 Å². The maximum atomic E-state index is 4.19. The van der Waals surface area contributed by atoms with E-state index in [0.717, 1.165) is 5.65 Å². The van der Waals surface area contributed by atoms with Crippen molar-refractivity contribution >= 4 is 23.4 Å². The molecule has 0 aromatic carbocycles. The average Bonchev–Trinajstić information content (AvgIpc) is 2.33. The van der Waals surface area contributed by atoms with Crippen LogP contribution in [0.4, 0.5) is 0 Å². The summed E-state index contributed by atoms with van der Waals surface area (Å²) in [6, 6.07) is 4.13. The third-order valence-corrected chi connectivity index (χ3v) is 1.54. The number of fused-ring (bicyclic) bond motifs is 1. The van der Waals surface area contributed by atoms with Crippen LogP contribution in [0.1, 0.15) is 5.56 Å². The highest BCUT2D eigenvalue weighted by Crippen LogP contribution is 2.09. The fourth-order valence-corrected chi connectivity index (χ4v) is 1.05. The molecule has 2 heterocycles. The quantitative estimate of drug-likeness (QED) is 0.643. The van der Waals surface area contributed by atoms with Gasteiger partial charge in [0.1, 0.15) is 5.65 Å². The van der Waals surface area contributed by atoms with Gasteiger partial charge in [0.2, 0.25) is 0 Å².